The Balaban J connectivity index is 2.53. The van der Waals surface area contributed by atoms with E-state index in [0.717, 1.165) is 19.3 Å². The van der Waals surface area contributed by atoms with Crippen LogP contribution in [-0.4, -0.2) is 32.0 Å². The van der Waals surface area contributed by atoms with Crippen LogP contribution in [-0.2, 0) is 14.3 Å². The highest BCUT2D eigenvalue weighted by molar-refractivity contribution is 5.82. The summed E-state index contributed by atoms with van der Waals surface area (Å²) in [6, 6.07) is 0. The lowest BCUT2D eigenvalue weighted by Crippen LogP contribution is -2.44. The molecule has 0 radical (unpaired) electrons. The molecule has 1 aliphatic carbocycles. The minimum atomic E-state index is -0.327. The average Bonchev–Trinajstić information content (AvgIpc) is 2.85. The Kier molecular flexibility index (Phi) is 7.52. The molecule has 1 amide bonds. The number of nitrogens with one attached hydrogen (secondary N) is 1. The Morgan fingerprint density at radius 1 is 1.15 bits per heavy atom. The predicted octanol–water partition coefficient (Wildman–Crippen LogP) is 3.11. The Hall–Kier alpha value is -0.610. The van der Waals surface area contributed by atoms with Crippen molar-refractivity contribution in [1.29, 1.82) is 0 Å². The van der Waals surface area contributed by atoms with Crippen molar-refractivity contribution < 1.29 is 14.3 Å². The zero-order valence-corrected chi connectivity index (χ0v) is 13.5. The van der Waals surface area contributed by atoms with Crippen molar-refractivity contribution >= 4 is 5.91 Å². The number of ether oxygens (including phenoxy) is 2. The van der Waals surface area contributed by atoms with Gasteiger partial charge in [-0.05, 0) is 39.0 Å². The summed E-state index contributed by atoms with van der Waals surface area (Å²) in [5, 5.41) is 3.05. The molecule has 1 aliphatic rings. The zero-order chi connectivity index (χ0) is 15.0. The lowest BCUT2D eigenvalue weighted by atomic mass is 9.77. The van der Waals surface area contributed by atoms with Gasteiger partial charge >= 0.3 is 0 Å². The molecule has 4 nitrogen and oxygen atoms in total. The van der Waals surface area contributed by atoms with Crippen molar-refractivity contribution in [2.45, 2.75) is 66.1 Å². The van der Waals surface area contributed by atoms with E-state index in [4.69, 9.17) is 9.47 Å². The number of carbonyl (C=O) groups is 1. The monoisotopic (exact) mass is 285 g/mol. The van der Waals surface area contributed by atoms with Gasteiger partial charge in [0.2, 0.25) is 5.91 Å². The van der Waals surface area contributed by atoms with E-state index in [1.807, 2.05) is 13.8 Å². The van der Waals surface area contributed by atoms with E-state index in [0.29, 0.717) is 25.7 Å². The van der Waals surface area contributed by atoms with Gasteiger partial charge in [0, 0.05) is 18.6 Å². The van der Waals surface area contributed by atoms with Crippen LogP contribution in [0.1, 0.15) is 59.8 Å². The molecule has 0 atom stereocenters. The molecule has 20 heavy (non-hydrogen) atoms. The highest BCUT2D eigenvalue weighted by atomic mass is 16.7. The first-order chi connectivity index (χ1) is 9.54. The highest BCUT2D eigenvalue weighted by Crippen LogP contribution is 2.43. The van der Waals surface area contributed by atoms with E-state index in [1.165, 1.54) is 12.8 Å². The van der Waals surface area contributed by atoms with Crippen LogP contribution >= 0.6 is 0 Å². The lowest BCUT2D eigenvalue weighted by Gasteiger charge is -2.30. The fourth-order valence-electron chi connectivity index (χ4n) is 3.26. The van der Waals surface area contributed by atoms with Crippen LogP contribution in [0.2, 0.25) is 0 Å². The molecule has 0 bridgehead atoms. The molecular weight excluding hydrogens is 254 g/mol. The van der Waals surface area contributed by atoms with Gasteiger partial charge in [-0.25, -0.2) is 0 Å². The molecule has 0 aliphatic heterocycles. The predicted molar refractivity (Wildman–Crippen MR) is 80.4 cm³/mol. The maximum Gasteiger partial charge on any atom is 0.226 e. The molecule has 0 unspecified atom stereocenters. The maximum absolute atomic E-state index is 12.6. The summed E-state index contributed by atoms with van der Waals surface area (Å²) in [6.07, 6.45) is 5.02. The number of amides is 1. The van der Waals surface area contributed by atoms with Gasteiger partial charge in [0.15, 0.2) is 6.29 Å². The summed E-state index contributed by atoms with van der Waals surface area (Å²) < 4.78 is 10.9. The Morgan fingerprint density at radius 2 is 1.70 bits per heavy atom. The third kappa shape index (κ3) is 5.06. The normalized spacial score (nSPS) is 17.9. The molecular formula is C16H31NO3. The molecule has 1 N–H and O–H groups in total. The first kappa shape index (κ1) is 17.4. The Bertz CT molecular complexity index is 279. The topological polar surface area (TPSA) is 47.6 Å². The first-order valence-corrected chi connectivity index (χ1v) is 8.05. The van der Waals surface area contributed by atoms with Crippen LogP contribution in [0.4, 0.5) is 0 Å². The molecule has 1 fully saturated rings. The second kappa shape index (κ2) is 8.63. The van der Waals surface area contributed by atoms with Crippen molar-refractivity contribution in [3.8, 4) is 0 Å². The highest BCUT2D eigenvalue weighted by Gasteiger charge is 2.41. The number of hydrogen-bond acceptors (Lipinski definition) is 3. The maximum atomic E-state index is 12.6. The second-order valence-electron chi connectivity index (χ2n) is 6.14. The Labute approximate surface area is 123 Å². The second-order valence-corrected chi connectivity index (χ2v) is 6.14. The third-order valence-corrected chi connectivity index (χ3v) is 3.98. The molecule has 1 saturated carbocycles. The summed E-state index contributed by atoms with van der Waals surface area (Å²) in [5.74, 6) is 0.738. The summed E-state index contributed by atoms with van der Waals surface area (Å²) in [7, 11) is 0. The number of hydrogen-bond donors (Lipinski definition) is 1. The van der Waals surface area contributed by atoms with Gasteiger partial charge in [-0.15, -0.1) is 0 Å². The van der Waals surface area contributed by atoms with E-state index in [1.54, 1.807) is 0 Å². The molecule has 0 aromatic heterocycles. The van der Waals surface area contributed by atoms with Crippen LogP contribution in [0, 0.1) is 11.3 Å². The molecule has 0 heterocycles. The fourth-order valence-corrected chi connectivity index (χ4v) is 3.26. The van der Waals surface area contributed by atoms with E-state index >= 15 is 0 Å². The largest absolute Gasteiger partial charge is 0.351 e. The van der Waals surface area contributed by atoms with Gasteiger partial charge in [0.05, 0.1) is 6.54 Å². The third-order valence-electron chi connectivity index (χ3n) is 3.98. The van der Waals surface area contributed by atoms with E-state index in [2.05, 4.69) is 19.2 Å². The summed E-state index contributed by atoms with van der Waals surface area (Å²) in [5.41, 5.74) is -0.156. The minimum absolute atomic E-state index is 0.156. The van der Waals surface area contributed by atoms with Crippen LogP contribution in [0.5, 0.6) is 0 Å². The Morgan fingerprint density at radius 3 is 2.15 bits per heavy atom. The van der Waals surface area contributed by atoms with Crippen LogP contribution in [0.15, 0.2) is 0 Å². The SMILES string of the molecule is CCOC(CNC(=O)C1(CC(C)C)CCCC1)OCC. The van der Waals surface area contributed by atoms with E-state index < -0.39 is 0 Å². The molecule has 0 spiro atoms. The van der Waals surface area contributed by atoms with Crippen molar-refractivity contribution in [3.05, 3.63) is 0 Å². The van der Waals surface area contributed by atoms with Crippen molar-refractivity contribution in [3.63, 3.8) is 0 Å². The molecule has 1 rings (SSSR count). The van der Waals surface area contributed by atoms with Gasteiger partial charge in [0.1, 0.15) is 0 Å². The van der Waals surface area contributed by atoms with Crippen molar-refractivity contribution in [1.82, 2.24) is 5.32 Å². The van der Waals surface area contributed by atoms with Gasteiger partial charge in [-0.3, -0.25) is 4.79 Å². The minimum Gasteiger partial charge on any atom is -0.351 e. The number of carbonyl (C=O) groups excluding carboxylic acids is 1. The fraction of sp³-hybridized carbons (Fsp3) is 0.938. The first-order valence-electron chi connectivity index (χ1n) is 8.05. The van der Waals surface area contributed by atoms with E-state index in [9.17, 15) is 4.79 Å². The smallest absolute Gasteiger partial charge is 0.226 e. The van der Waals surface area contributed by atoms with Gasteiger partial charge in [-0.2, -0.15) is 0 Å². The van der Waals surface area contributed by atoms with Crippen molar-refractivity contribution in [2.75, 3.05) is 19.8 Å². The quantitative estimate of drug-likeness (QED) is 0.662. The molecule has 4 heteroatoms. The van der Waals surface area contributed by atoms with Gasteiger partial charge in [-0.1, -0.05) is 26.7 Å². The zero-order valence-electron chi connectivity index (χ0n) is 13.5. The van der Waals surface area contributed by atoms with E-state index in [-0.39, 0.29) is 17.6 Å². The molecule has 0 aromatic carbocycles. The lowest BCUT2D eigenvalue weighted by molar-refractivity contribution is -0.145. The van der Waals surface area contributed by atoms with Crippen molar-refractivity contribution in [2.24, 2.45) is 11.3 Å². The summed E-state index contributed by atoms with van der Waals surface area (Å²) in [6.45, 7) is 9.89. The van der Waals surface area contributed by atoms with Gasteiger partial charge in [0.25, 0.3) is 0 Å². The average molecular weight is 285 g/mol. The standard InChI is InChI=1S/C16H31NO3/c1-5-19-14(20-6-2)12-17-15(18)16(11-13(3)4)9-7-8-10-16/h13-14H,5-12H2,1-4H3,(H,17,18). The molecule has 0 saturated heterocycles. The number of rotatable bonds is 9. The van der Waals surface area contributed by atoms with Crippen LogP contribution in [0.3, 0.4) is 0 Å². The summed E-state index contributed by atoms with van der Waals surface area (Å²) >= 11 is 0. The molecule has 0 aromatic rings. The van der Waals surface area contributed by atoms with Crippen LogP contribution < -0.4 is 5.32 Å². The molecule has 118 valence electrons. The summed E-state index contributed by atoms with van der Waals surface area (Å²) in [4.78, 5) is 12.6. The van der Waals surface area contributed by atoms with Gasteiger partial charge < -0.3 is 14.8 Å². The van der Waals surface area contributed by atoms with Crippen LogP contribution in [0.25, 0.3) is 0 Å².